The van der Waals surface area contributed by atoms with Gasteiger partial charge in [-0.1, -0.05) is 48.5 Å². The van der Waals surface area contributed by atoms with Crippen LogP contribution in [0.2, 0.25) is 0 Å². The van der Waals surface area contributed by atoms with Gasteiger partial charge in [-0.25, -0.2) is 4.68 Å². The fourth-order valence-corrected chi connectivity index (χ4v) is 2.98. The minimum Gasteiger partial charge on any atom is -0.457 e. The third-order valence-electron chi connectivity index (χ3n) is 4.38. The van der Waals surface area contributed by atoms with Crippen molar-refractivity contribution in [1.29, 1.82) is 10.5 Å². The minimum absolute atomic E-state index is 0.150. The molecule has 29 heavy (non-hydrogen) atoms. The molecule has 2 aromatic heterocycles. The summed E-state index contributed by atoms with van der Waals surface area (Å²) in [5.41, 5.74) is 8.32. The summed E-state index contributed by atoms with van der Waals surface area (Å²) in [6.45, 7) is 0. The molecule has 6 nitrogen and oxygen atoms in total. The zero-order valence-corrected chi connectivity index (χ0v) is 15.3. The second kappa shape index (κ2) is 7.59. The maximum Gasteiger partial charge on any atom is 0.145 e. The lowest BCUT2D eigenvalue weighted by Gasteiger charge is -2.02. The van der Waals surface area contributed by atoms with Gasteiger partial charge in [0.25, 0.3) is 0 Å². The van der Waals surface area contributed by atoms with Gasteiger partial charge in [0.2, 0.25) is 0 Å². The van der Waals surface area contributed by atoms with Crippen molar-refractivity contribution in [2.75, 3.05) is 5.73 Å². The first kappa shape index (κ1) is 17.8. The molecule has 2 heterocycles. The Morgan fingerprint density at radius 3 is 2.31 bits per heavy atom. The normalized spacial score (nSPS) is 11.0. The molecule has 0 spiro atoms. The largest absolute Gasteiger partial charge is 0.457 e. The number of rotatable bonds is 4. The summed E-state index contributed by atoms with van der Waals surface area (Å²) in [5, 5.41) is 23.7. The lowest BCUT2D eigenvalue weighted by Crippen LogP contribution is -2.02. The first-order chi connectivity index (χ1) is 14.2. The fourth-order valence-electron chi connectivity index (χ4n) is 2.98. The van der Waals surface area contributed by atoms with Gasteiger partial charge in [-0.15, -0.1) is 0 Å². The van der Waals surface area contributed by atoms with Crippen molar-refractivity contribution in [2.24, 2.45) is 0 Å². The Labute approximate surface area is 167 Å². The van der Waals surface area contributed by atoms with Crippen molar-refractivity contribution in [1.82, 2.24) is 9.78 Å². The number of nitrogen functional groups attached to an aromatic ring is 1. The van der Waals surface area contributed by atoms with Crippen LogP contribution in [0, 0.1) is 22.7 Å². The van der Waals surface area contributed by atoms with E-state index in [4.69, 9.17) is 10.2 Å². The van der Waals surface area contributed by atoms with Crippen LogP contribution in [0.5, 0.6) is 0 Å². The van der Waals surface area contributed by atoms with Crippen LogP contribution in [-0.2, 0) is 0 Å². The van der Waals surface area contributed by atoms with Gasteiger partial charge in [-0.3, -0.25) is 0 Å². The third-order valence-corrected chi connectivity index (χ3v) is 4.38. The highest BCUT2D eigenvalue weighted by Crippen LogP contribution is 2.28. The second-order valence-electron chi connectivity index (χ2n) is 6.21. The number of nitrogens with zero attached hydrogens (tertiary/aromatic N) is 4. The van der Waals surface area contributed by atoms with E-state index in [1.807, 2.05) is 66.7 Å². The molecule has 2 aromatic carbocycles. The Kier molecular flexibility index (Phi) is 4.67. The van der Waals surface area contributed by atoms with E-state index in [-0.39, 0.29) is 22.6 Å². The lowest BCUT2D eigenvalue weighted by atomic mass is 10.1. The van der Waals surface area contributed by atoms with E-state index in [0.29, 0.717) is 17.2 Å². The molecule has 4 rings (SSSR count). The molecule has 0 saturated heterocycles. The number of nitriles is 2. The quantitative estimate of drug-likeness (QED) is 0.521. The van der Waals surface area contributed by atoms with E-state index in [1.165, 1.54) is 4.68 Å². The monoisotopic (exact) mass is 377 g/mol. The van der Waals surface area contributed by atoms with Crippen molar-refractivity contribution in [2.45, 2.75) is 0 Å². The van der Waals surface area contributed by atoms with Crippen molar-refractivity contribution in [3.63, 3.8) is 0 Å². The van der Waals surface area contributed by atoms with Crippen LogP contribution in [0.1, 0.15) is 17.0 Å². The molecule has 138 valence electrons. The van der Waals surface area contributed by atoms with Gasteiger partial charge in [0.15, 0.2) is 0 Å². The van der Waals surface area contributed by atoms with Crippen molar-refractivity contribution >= 4 is 17.5 Å². The maximum absolute atomic E-state index is 9.70. The highest BCUT2D eigenvalue weighted by atomic mass is 16.3. The highest BCUT2D eigenvalue weighted by molar-refractivity contribution is 5.90. The summed E-state index contributed by atoms with van der Waals surface area (Å²) in [4.78, 5) is 0. The van der Waals surface area contributed by atoms with Gasteiger partial charge < -0.3 is 10.2 Å². The molecule has 0 aliphatic carbocycles. The Morgan fingerprint density at radius 2 is 1.66 bits per heavy atom. The molecule has 0 saturated carbocycles. The van der Waals surface area contributed by atoms with Crippen molar-refractivity contribution < 1.29 is 4.42 Å². The summed E-state index contributed by atoms with van der Waals surface area (Å²) in [6.07, 6.45) is 1.56. The molecular weight excluding hydrogens is 362 g/mol. The molecule has 0 aliphatic heterocycles. The van der Waals surface area contributed by atoms with Crippen LogP contribution in [0.25, 0.3) is 28.7 Å². The van der Waals surface area contributed by atoms with E-state index in [9.17, 15) is 10.5 Å². The smallest absolute Gasteiger partial charge is 0.145 e. The van der Waals surface area contributed by atoms with Gasteiger partial charge in [-0.2, -0.15) is 15.6 Å². The van der Waals surface area contributed by atoms with E-state index in [1.54, 1.807) is 12.1 Å². The molecule has 0 amide bonds. The van der Waals surface area contributed by atoms with Gasteiger partial charge in [0.1, 0.15) is 40.7 Å². The number of anilines is 1. The van der Waals surface area contributed by atoms with Gasteiger partial charge in [0.05, 0.1) is 11.3 Å². The Balaban J connectivity index is 1.77. The topological polar surface area (TPSA) is 105 Å². The number of para-hydroxylation sites is 1. The average Bonchev–Trinajstić information content (AvgIpc) is 3.37. The molecule has 0 aliphatic rings. The number of furan rings is 1. The average molecular weight is 377 g/mol. The molecule has 0 unspecified atom stereocenters. The molecule has 6 heteroatoms. The molecule has 0 fully saturated rings. The highest BCUT2D eigenvalue weighted by Gasteiger charge is 2.20. The number of hydrogen-bond acceptors (Lipinski definition) is 5. The summed E-state index contributed by atoms with van der Waals surface area (Å²) in [5.74, 6) is 1.35. The van der Waals surface area contributed by atoms with E-state index >= 15 is 0 Å². The fraction of sp³-hybridized carbons (Fsp3) is 0. The number of aromatic nitrogens is 2. The van der Waals surface area contributed by atoms with Crippen LogP contribution < -0.4 is 5.73 Å². The zero-order chi connectivity index (χ0) is 20.2. The van der Waals surface area contributed by atoms with Crippen LogP contribution in [0.4, 0.5) is 5.82 Å². The van der Waals surface area contributed by atoms with Crippen molar-refractivity contribution in [3.8, 4) is 29.1 Å². The summed E-state index contributed by atoms with van der Waals surface area (Å²) < 4.78 is 7.30. The first-order valence-corrected chi connectivity index (χ1v) is 8.82. The van der Waals surface area contributed by atoms with E-state index in [0.717, 1.165) is 5.56 Å². The lowest BCUT2D eigenvalue weighted by molar-refractivity contribution is 0.572. The van der Waals surface area contributed by atoms with Gasteiger partial charge in [-0.05, 0) is 24.3 Å². The van der Waals surface area contributed by atoms with Gasteiger partial charge in [0, 0.05) is 11.6 Å². The summed E-state index contributed by atoms with van der Waals surface area (Å²) in [6, 6.07) is 26.6. The molecule has 0 radical (unpaired) electrons. The molecule has 0 bridgehead atoms. The molecule has 0 atom stereocenters. The van der Waals surface area contributed by atoms with Crippen LogP contribution >= 0.6 is 0 Å². The Hall–Kier alpha value is -4.55. The SMILES string of the molecule is N#C/C(=C\c1ccc(-c2ccccc2)o1)c1nn(-c2ccccc2)c(N)c1C#N. The second-order valence-corrected chi connectivity index (χ2v) is 6.21. The first-order valence-electron chi connectivity index (χ1n) is 8.82. The van der Waals surface area contributed by atoms with E-state index < -0.39 is 0 Å². The number of hydrogen-bond donors (Lipinski definition) is 1. The Bertz CT molecular complexity index is 1270. The van der Waals surface area contributed by atoms with Crippen LogP contribution in [-0.4, -0.2) is 9.78 Å². The zero-order valence-electron chi connectivity index (χ0n) is 15.3. The minimum atomic E-state index is 0.150. The number of allylic oxidation sites excluding steroid dienone is 1. The standard InChI is InChI=1S/C23H15N5O/c24-14-17(13-19-11-12-21(29-19)16-7-3-1-4-8-16)22-20(15-25)23(26)28(27-22)18-9-5-2-6-10-18/h1-13H,26H2/b17-13+. The van der Waals surface area contributed by atoms with Crippen molar-refractivity contribution in [3.05, 3.63) is 89.8 Å². The van der Waals surface area contributed by atoms with E-state index in [2.05, 4.69) is 17.2 Å². The molecule has 2 N–H and O–H groups in total. The Morgan fingerprint density at radius 1 is 0.966 bits per heavy atom. The summed E-state index contributed by atoms with van der Waals surface area (Å²) in [7, 11) is 0. The number of benzene rings is 2. The molecular formula is C23H15N5O. The maximum atomic E-state index is 9.70. The number of nitrogens with two attached hydrogens (primary N) is 1. The van der Waals surface area contributed by atoms with Crippen LogP contribution in [0.3, 0.4) is 0 Å². The molecule has 4 aromatic rings. The predicted octanol–water partition coefficient (Wildman–Crippen LogP) is 4.65. The van der Waals surface area contributed by atoms with Crippen LogP contribution in [0.15, 0.2) is 77.2 Å². The predicted molar refractivity (Wildman–Crippen MR) is 110 cm³/mol. The van der Waals surface area contributed by atoms with Gasteiger partial charge >= 0.3 is 0 Å². The third kappa shape index (κ3) is 3.39. The summed E-state index contributed by atoms with van der Waals surface area (Å²) >= 11 is 0.